The van der Waals surface area contributed by atoms with Crippen LogP contribution in [-0.2, 0) is 16.0 Å². The van der Waals surface area contributed by atoms with E-state index in [-0.39, 0.29) is 6.61 Å². The molecule has 1 N–H and O–H groups in total. The normalized spacial score (nSPS) is 9.92. The molecule has 2 aromatic rings. The Hall–Kier alpha value is -2.78. The third kappa shape index (κ3) is 5.66. The average Bonchev–Trinajstić information content (AvgIpc) is 2.62. The number of benzene rings is 2. The number of esters is 1. The predicted molar refractivity (Wildman–Crippen MR) is 97.5 cm³/mol. The van der Waals surface area contributed by atoms with Crippen LogP contribution in [0.25, 0.3) is 0 Å². The summed E-state index contributed by atoms with van der Waals surface area (Å²) in [4.78, 5) is 24.9. The summed E-state index contributed by atoms with van der Waals surface area (Å²) in [6, 6.07) is 16.2. The zero-order valence-electron chi connectivity index (χ0n) is 13.8. The van der Waals surface area contributed by atoms with Crippen molar-refractivity contribution in [1.82, 2.24) is 0 Å². The maximum absolute atomic E-state index is 12.2. The quantitative estimate of drug-likeness (QED) is 0.606. The highest BCUT2D eigenvalue weighted by molar-refractivity contribution is 7.99. The molecule has 0 bridgehead atoms. The van der Waals surface area contributed by atoms with Crippen molar-refractivity contribution in [3.63, 3.8) is 0 Å². The van der Waals surface area contributed by atoms with Crippen molar-refractivity contribution in [2.45, 2.75) is 18.2 Å². The number of anilines is 1. The Balaban J connectivity index is 1.89. The minimum absolute atomic E-state index is 0.320. The molecule has 0 atom stereocenters. The van der Waals surface area contributed by atoms with Crippen molar-refractivity contribution in [3.8, 4) is 6.07 Å². The van der Waals surface area contributed by atoms with Gasteiger partial charge in [-0.2, -0.15) is 5.26 Å². The second-order valence-electron chi connectivity index (χ2n) is 5.09. The van der Waals surface area contributed by atoms with Gasteiger partial charge in [-0.3, -0.25) is 4.79 Å². The van der Waals surface area contributed by atoms with Crippen molar-refractivity contribution in [3.05, 3.63) is 59.7 Å². The molecule has 0 spiro atoms. The zero-order chi connectivity index (χ0) is 18.1. The van der Waals surface area contributed by atoms with E-state index in [9.17, 15) is 9.59 Å². The monoisotopic (exact) mass is 354 g/mol. The largest absolute Gasteiger partial charge is 0.452 e. The SMILES string of the molecule is CCSc1ccccc1C(=O)OCC(=O)Nc1ccc(CC#N)cc1. The lowest BCUT2D eigenvalue weighted by molar-refractivity contribution is -0.119. The summed E-state index contributed by atoms with van der Waals surface area (Å²) in [7, 11) is 0. The van der Waals surface area contributed by atoms with Crippen LogP contribution in [0.4, 0.5) is 5.69 Å². The number of hydrogen-bond acceptors (Lipinski definition) is 5. The van der Waals surface area contributed by atoms with Crippen LogP contribution in [0.1, 0.15) is 22.8 Å². The molecular weight excluding hydrogens is 336 g/mol. The molecule has 2 rings (SSSR count). The van der Waals surface area contributed by atoms with E-state index in [2.05, 4.69) is 11.4 Å². The highest BCUT2D eigenvalue weighted by atomic mass is 32.2. The third-order valence-corrected chi connectivity index (χ3v) is 4.22. The number of nitriles is 1. The second-order valence-corrected chi connectivity index (χ2v) is 6.39. The topological polar surface area (TPSA) is 79.2 Å². The first-order valence-electron chi connectivity index (χ1n) is 7.78. The van der Waals surface area contributed by atoms with Gasteiger partial charge in [0.2, 0.25) is 0 Å². The number of amides is 1. The van der Waals surface area contributed by atoms with E-state index in [1.165, 1.54) is 0 Å². The summed E-state index contributed by atoms with van der Waals surface area (Å²) in [5.74, 6) is -0.0925. The molecule has 0 saturated heterocycles. The molecule has 0 heterocycles. The molecule has 128 valence electrons. The summed E-state index contributed by atoms with van der Waals surface area (Å²) < 4.78 is 5.10. The van der Waals surface area contributed by atoms with E-state index in [0.717, 1.165) is 16.2 Å². The molecule has 0 aliphatic carbocycles. The van der Waals surface area contributed by atoms with Gasteiger partial charge in [0.15, 0.2) is 6.61 Å². The molecule has 0 aromatic heterocycles. The molecule has 1 amide bonds. The molecule has 0 aliphatic heterocycles. The Bertz CT molecular complexity index is 782. The number of thioether (sulfide) groups is 1. The Morgan fingerprint density at radius 2 is 1.88 bits per heavy atom. The van der Waals surface area contributed by atoms with E-state index in [0.29, 0.717) is 17.7 Å². The molecule has 0 aliphatic rings. The molecule has 0 radical (unpaired) electrons. The van der Waals surface area contributed by atoms with E-state index < -0.39 is 11.9 Å². The van der Waals surface area contributed by atoms with E-state index in [1.54, 1.807) is 48.2 Å². The first-order chi connectivity index (χ1) is 12.1. The van der Waals surface area contributed by atoms with Crippen molar-refractivity contribution in [1.29, 1.82) is 5.26 Å². The van der Waals surface area contributed by atoms with Crippen molar-refractivity contribution in [2.24, 2.45) is 0 Å². The van der Waals surface area contributed by atoms with Crippen LogP contribution < -0.4 is 5.32 Å². The van der Waals surface area contributed by atoms with Gasteiger partial charge in [-0.15, -0.1) is 11.8 Å². The Morgan fingerprint density at radius 1 is 1.16 bits per heavy atom. The maximum atomic E-state index is 12.2. The van der Waals surface area contributed by atoms with Gasteiger partial charge in [-0.05, 0) is 35.6 Å². The number of ether oxygens (including phenoxy) is 1. The summed E-state index contributed by atoms with van der Waals surface area (Å²) >= 11 is 1.55. The summed E-state index contributed by atoms with van der Waals surface area (Å²) in [5, 5.41) is 11.3. The van der Waals surface area contributed by atoms with Gasteiger partial charge in [-0.25, -0.2) is 4.79 Å². The fourth-order valence-electron chi connectivity index (χ4n) is 2.12. The van der Waals surface area contributed by atoms with E-state index >= 15 is 0 Å². The molecular formula is C19H18N2O3S. The van der Waals surface area contributed by atoms with E-state index in [4.69, 9.17) is 10.00 Å². The fourth-order valence-corrected chi connectivity index (χ4v) is 2.91. The molecule has 2 aromatic carbocycles. The van der Waals surface area contributed by atoms with Crippen molar-refractivity contribution < 1.29 is 14.3 Å². The standard InChI is InChI=1S/C19H18N2O3S/c1-2-25-17-6-4-3-5-16(17)19(23)24-13-18(22)21-15-9-7-14(8-10-15)11-12-20/h3-10H,2,11,13H2,1H3,(H,21,22). The van der Waals surface area contributed by atoms with Crippen LogP contribution in [0.5, 0.6) is 0 Å². The fraction of sp³-hybridized carbons (Fsp3) is 0.211. The van der Waals surface area contributed by atoms with Gasteiger partial charge in [0.25, 0.3) is 5.91 Å². The van der Waals surface area contributed by atoms with Crippen LogP contribution in [0.3, 0.4) is 0 Å². The Kier molecular flexibility index (Phi) is 7.05. The molecule has 0 unspecified atom stereocenters. The molecule has 6 heteroatoms. The second kappa shape index (κ2) is 9.50. The number of carbonyl (C=O) groups excluding carboxylic acids is 2. The highest BCUT2D eigenvalue weighted by Gasteiger charge is 2.14. The van der Waals surface area contributed by atoms with Crippen LogP contribution in [0.2, 0.25) is 0 Å². The lowest BCUT2D eigenvalue weighted by Gasteiger charge is -2.09. The molecule has 25 heavy (non-hydrogen) atoms. The molecule has 0 saturated carbocycles. The van der Waals surface area contributed by atoms with Crippen LogP contribution in [-0.4, -0.2) is 24.2 Å². The lowest BCUT2D eigenvalue weighted by atomic mass is 10.1. The number of rotatable bonds is 7. The minimum atomic E-state index is -0.518. The number of hydrogen-bond donors (Lipinski definition) is 1. The first-order valence-corrected chi connectivity index (χ1v) is 8.77. The van der Waals surface area contributed by atoms with Gasteiger partial charge >= 0.3 is 5.97 Å². The van der Waals surface area contributed by atoms with Gasteiger partial charge in [0, 0.05) is 10.6 Å². The minimum Gasteiger partial charge on any atom is -0.452 e. The first kappa shape index (κ1) is 18.6. The number of carbonyl (C=O) groups is 2. The summed E-state index contributed by atoms with van der Waals surface area (Å²) in [5.41, 5.74) is 1.92. The lowest BCUT2D eigenvalue weighted by Crippen LogP contribution is -2.21. The smallest absolute Gasteiger partial charge is 0.339 e. The molecule has 5 nitrogen and oxygen atoms in total. The van der Waals surface area contributed by atoms with Gasteiger partial charge in [0.1, 0.15) is 0 Å². The molecule has 0 fully saturated rings. The number of nitrogens with zero attached hydrogens (tertiary/aromatic N) is 1. The Morgan fingerprint density at radius 3 is 2.56 bits per heavy atom. The zero-order valence-corrected chi connectivity index (χ0v) is 14.6. The van der Waals surface area contributed by atoms with Crippen molar-refractivity contribution >= 4 is 29.3 Å². The maximum Gasteiger partial charge on any atom is 0.339 e. The van der Waals surface area contributed by atoms with E-state index in [1.807, 2.05) is 19.1 Å². The van der Waals surface area contributed by atoms with Crippen LogP contribution >= 0.6 is 11.8 Å². The third-order valence-electron chi connectivity index (χ3n) is 3.26. The number of nitrogens with one attached hydrogen (secondary N) is 1. The van der Waals surface area contributed by atoms with Crippen molar-refractivity contribution in [2.75, 3.05) is 17.7 Å². The summed E-state index contributed by atoms with van der Waals surface area (Å²) in [6.45, 7) is 1.64. The summed E-state index contributed by atoms with van der Waals surface area (Å²) in [6.07, 6.45) is 0.320. The van der Waals surface area contributed by atoms with Gasteiger partial charge in [-0.1, -0.05) is 31.2 Å². The van der Waals surface area contributed by atoms with Crippen LogP contribution in [0, 0.1) is 11.3 Å². The van der Waals surface area contributed by atoms with Gasteiger partial charge in [0.05, 0.1) is 18.1 Å². The predicted octanol–water partition coefficient (Wildman–Crippen LogP) is 3.66. The van der Waals surface area contributed by atoms with Gasteiger partial charge < -0.3 is 10.1 Å². The van der Waals surface area contributed by atoms with Crippen LogP contribution in [0.15, 0.2) is 53.4 Å². The highest BCUT2D eigenvalue weighted by Crippen LogP contribution is 2.22. The Labute approximate surface area is 151 Å². The average molecular weight is 354 g/mol.